The van der Waals surface area contributed by atoms with E-state index in [4.69, 9.17) is 0 Å². The van der Waals surface area contributed by atoms with Gasteiger partial charge in [0.1, 0.15) is 0 Å². The highest BCUT2D eigenvalue weighted by Gasteiger charge is 2.77. The molecule has 5 nitrogen and oxygen atoms in total. The number of alkyl halides is 7. The summed E-state index contributed by atoms with van der Waals surface area (Å²) in [5.41, 5.74) is 0.431. The highest BCUT2D eigenvalue weighted by molar-refractivity contribution is 7.22. The van der Waals surface area contributed by atoms with Gasteiger partial charge in [-0.3, -0.25) is 14.6 Å². The summed E-state index contributed by atoms with van der Waals surface area (Å²) in [5, 5.41) is -0.0771. The van der Waals surface area contributed by atoms with Crippen LogP contribution in [0.1, 0.15) is 0 Å². The number of amides is 3. The van der Waals surface area contributed by atoms with E-state index in [-0.39, 0.29) is 5.13 Å². The predicted octanol–water partition coefficient (Wildman–Crippen LogP) is 4.14. The molecule has 0 saturated carbocycles. The van der Waals surface area contributed by atoms with E-state index >= 15 is 0 Å². The Hall–Kier alpha value is -2.44. The van der Waals surface area contributed by atoms with Crippen LogP contribution in [0.4, 0.5) is 40.7 Å². The number of aromatic nitrogens is 1. The lowest BCUT2D eigenvalue weighted by Gasteiger charge is -2.30. The Bertz CT molecular complexity index is 848. The number of benzene rings is 1. The van der Waals surface area contributed by atoms with Crippen molar-refractivity contribution >= 4 is 38.6 Å². The first kappa shape index (κ1) is 20.9. The molecule has 0 bridgehead atoms. The summed E-state index contributed by atoms with van der Waals surface area (Å²) in [7, 11) is 1.37. The molecule has 27 heavy (non-hydrogen) atoms. The largest absolute Gasteiger partial charge is 0.460 e. The fraction of sp³-hybridized carbons (Fsp3) is 0.357. The van der Waals surface area contributed by atoms with Crippen molar-refractivity contribution in [1.29, 1.82) is 0 Å². The lowest BCUT2D eigenvalue weighted by atomic mass is 10.1. The molecule has 148 valence electrons. The van der Waals surface area contributed by atoms with Gasteiger partial charge in [-0.2, -0.15) is 30.7 Å². The molecule has 3 amide bonds. The predicted molar refractivity (Wildman–Crippen MR) is 82.1 cm³/mol. The Morgan fingerprint density at radius 2 is 1.56 bits per heavy atom. The van der Waals surface area contributed by atoms with E-state index in [0.29, 0.717) is 22.2 Å². The van der Waals surface area contributed by atoms with E-state index in [1.807, 2.05) is 0 Å². The van der Waals surface area contributed by atoms with Gasteiger partial charge in [0.15, 0.2) is 5.13 Å². The number of imide groups is 1. The minimum atomic E-state index is -6.69. The molecule has 1 aromatic heterocycles. The van der Waals surface area contributed by atoms with Crippen LogP contribution in [-0.4, -0.2) is 53.9 Å². The first-order valence-electron chi connectivity index (χ1n) is 6.95. The average Bonchev–Trinajstić information content (AvgIpc) is 3.01. The van der Waals surface area contributed by atoms with Gasteiger partial charge in [-0.05, 0) is 12.1 Å². The smallest absolute Gasteiger partial charge is 0.272 e. The van der Waals surface area contributed by atoms with Gasteiger partial charge in [0.2, 0.25) is 0 Å². The second-order valence-corrected chi connectivity index (χ2v) is 6.33. The summed E-state index contributed by atoms with van der Waals surface area (Å²) >= 11 is 0.920. The van der Waals surface area contributed by atoms with Gasteiger partial charge < -0.3 is 0 Å². The number of para-hydroxylation sites is 1. The minimum Gasteiger partial charge on any atom is -0.272 e. The van der Waals surface area contributed by atoms with Crippen molar-refractivity contribution in [3.8, 4) is 0 Å². The third-order valence-electron chi connectivity index (χ3n) is 3.47. The zero-order valence-corrected chi connectivity index (χ0v) is 14.3. The van der Waals surface area contributed by atoms with Gasteiger partial charge in [-0.1, -0.05) is 23.5 Å². The molecule has 2 aromatic rings. The van der Waals surface area contributed by atoms with Gasteiger partial charge in [0, 0.05) is 14.1 Å². The van der Waals surface area contributed by atoms with E-state index in [0.717, 1.165) is 18.4 Å². The minimum absolute atomic E-state index is 0.0771. The van der Waals surface area contributed by atoms with Crippen molar-refractivity contribution in [2.45, 2.75) is 18.0 Å². The number of carbonyl (C=O) groups is 2. The van der Waals surface area contributed by atoms with Crippen LogP contribution in [-0.2, 0) is 4.79 Å². The maximum Gasteiger partial charge on any atom is 0.460 e. The van der Waals surface area contributed by atoms with E-state index in [9.17, 15) is 40.3 Å². The number of urea groups is 1. The molecule has 0 unspecified atom stereocenters. The maximum atomic E-state index is 13.5. The summed E-state index contributed by atoms with van der Waals surface area (Å²) < 4.78 is 90.1. The number of anilines is 1. The monoisotopic (exact) mass is 417 g/mol. The Balaban J connectivity index is 2.28. The summed E-state index contributed by atoms with van der Waals surface area (Å²) in [6.07, 6.45) is -6.69. The number of halogens is 7. The Morgan fingerprint density at radius 3 is 2.07 bits per heavy atom. The molecule has 0 aliphatic heterocycles. The number of fused-ring (bicyclic) bond motifs is 1. The fourth-order valence-electron chi connectivity index (χ4n) is 1.92. The van der Waals surface area contributed by atoms with Crippen LogP contribution in [0, 0.1) is 0 Å². The van der Waals surface area contributed by atoms with Gasteiger partial charge in [0.25, 0.3) is 0 Å². The van der Waals surface area contributed by atoms with Crippen molar-refractivity contribution in [2.75, 3.05) is 19.0 Å². The second-order valence-electron chi connectivity index (χ2n) is 5.32. The molecule has 0 radical (unpaired) electrons. The van der Waals surface area contributed by atoms with Crippen molar-refractivity contribution in [3.63, 3.8) is 0 Å². The lowest BCUT2D eigenvalue weighted by Crippen LogP contribution is -2.61. The second kappa shape index (κ2) is 6.62. The Morgan fingerprint density at radius 1 is 1.00 bits per heavy atom. The number of rotatable bonds is 3. The molecule has 0 fully saturated rings. The Labute approximate surface area is 151 Å². The highest BCUT2D eigenvalue weighted by atomic mass is 32.1. The van der Waals surface area contributed by atoms with Gasteiger partial charge in [-0.25, -0.2) is 9.78 Å². The SMILES string of the molecule is CN(C(=O)N(C)c1nc2ccccc2s1)C(=O)C(F)(F)C(F)(F)C(F)(F)F. The molecule has 0 spiro atoms. The van der Waals surface area contributed by atoms with E-state index in [2.05, 4.69) is 4.98 Å². The van der Waals surface area contributed by atoms with E-state index in [1.54, 1.807) is 24.3 Å². The number of hydrogen-bond donors (Lipinski definition) is 0. The van der Waals surface area contributed by atoms with Crippen molar-refractivity contribution < 1.29 is 40.3 Å². The van der Waals surface area contributed by atoms with Crippen molar-refractivity contribution in [1.82, 2.24) is 9.88 Å². The number of thiazole rings is 1. The molecule has 1 aromatic carbocycles. The molecule has 0 saturated heterocycles. The quantitative estimate of drug-likeness (QED) is 0.706. The van der Waals surface area contributed by atoms with E-state index in [1.165, 1.54) is 0 Å². The summed E-state index contributed by atoms with van der Waals surface area (Å²) in [5.74, 6) is -15.8. The van der Waals surface area contributed by atoms with Crippen LogP contribution in [0.5, 0.6) is 0 Å². The highest BCUT2D eigenvalue weighted by Crippen LogP contribution is 2.47. The molecular formula is C14H10F7N3O2S. The van der Waals surface area contributed by atoms with Crippen molar-refractivity contribution in [2.24, 2.45) is 0 Å². The van der Waals surface area contributed by atoms with Crippen LogP contribution in [0.15, 0.2) is 24.3 Å². The summed E-state index contributed by atoms with van der Waals surface area (Å²) in [6, 6.07) is 4.92. The molecule has 2 rings (SSSR count). The standard InChI is InChI=1S/C14H10F7N3O2S/c1-23(9(25)12(15,16)13(17,18)14(19,20)21)11(26)24(2)10-22-7-5-3-4-6-8(7)27-10/h3-6H,1-2H3. The third-order valence-corrected chi connectivity index (χ3v) is 4.58. The fourth-order valence-corrected chi connectivity index (χ4v) is 2.84. The van der Waals surface area contributed by atoms with Crippen LogP contribution in [0.3, 0.4) is 0 Å². The molecular weight excluding hydrogens is 407 g/mol. The topological polar surface area (TPSA) is 53.5 Å². The first-order valence-corrected chi connectivity index (χ1v) is 7.77. The summed E-state index contributed by atoms with van der Waals surface area (Å²) in [6.45, 7) is 0. The molecule has 1 heterocycles. The van der Waals surface area contributed by atoms with Crippen LogP contribution >= 0.6 is 11.3 Å². The van der Waals surface area contributed by atoms with Crippen LogP contribution < -0.4 is 4.90 Å². The first-order chi connectivity index (χ1) is 12.2. The van der Waals surface area contributed by atoms with Gasteiger partial charge in [0.05, 0.1) is 10.2 Å². The van der Waals surface area contributed by atoms with E-state index < -0.39 is 34.9 Å². The van der Waals surface area contributed by atoms with Crippen LogP contribution in [0.25, 0.3) is 10.2 Å². The number of hydrogen-bond acceptors (Lipinski definition) is 4. The maximum absolute atomic E-state index is 13.5. The van der Waals surface area contributed by atoms with Gasteiger partial charge >= 0.3 is 30.0 Å². The number of nitrogens with zero attached hydrogens (tertiary/aromatic N) is 3. The van der Waals surface area contributed by atoms with Crippen LogP contribution in [0.2, 0.25) is 0 Å². The summed E-state index contributed by atoms with van der Waals surface area (Å²) in [4.78, 5) is 27.7. The van der Waals surface area contributed by atoms with Crippen molar-refractivity contribution in [3.05, 3.63) is 24.3 Å². The molecule has 0 atom stereocenters. The zero-order chi connectivity index (χ0) is 20.8. The lowest BCUT2D eigenvalue weighted by molar-refractivity contribution is -0.345. The molecule has 0 aliphatic carbocycles. The van der Waals surface area contributed by atoms with Gasteiger partial charge in [-0.15, -0.1) is 0 Å². The zero-order valence-electron chi connectivity index (χ0n) is 13.5. The Kier molecular flexibility index (Phi) is 5.12. The average molecular weight is 417 g/mol. The molecule has 13 heteroatoms. The normalized spacial score (nSPS) is 12.9. The third kappa shape index (κ3) is 3.42. The molecule has 0 aliphatic rings. The molecule has 0 N–H and O–H groups in total. The number of carbonyl (C=O) groups excluding carboxylic acids is 2.